The first-order valence-electron chi connectivity index (χ1n) is 10.6. The van der Waals surface area contributed by atoms with E-state index in [4.69, 9.17) is 32.7 Å². The number of nitrogens with one attached hydrogen (secondary N) is 1. The largest absolute Gasteiger partial charge is 0.379 e. The van der Waals surface area contributed by atoms with E-state index in [2.05, 4.69) is 10.2 Å². The molecule has 1 aromatic heterocycles. The summed E-state index contributed by atoms with van der Waals surface area (Å²) in [5.41, 5.74) is 0.0693. The number of hydrogen-bond acceptors (Lipinski definition) is 7. The van der Waals surface area contributed by atoms with Crippen LogP contribution in [0.25, 0.3) is 0 Å². The van der Waals surface area contributed by atoms with E-state index in [0.717, 1.165) is 18.0 Å². The number of halogens is 2. The van der Waals surface area contributed by atoms with Gasteiger partial charge in [-0.15, -0.1) is 11.3 Å². The van der Waals surface area contributed by atoms with Crippen LogP contribution in [0, 0.1) is 0 Å². The van der Waals surface area contributed by atoms with Crippen molar-refractivity contribution in [3.8, 4) is 0 Å². The second kappa shape index (κ2) is 11.0. The number of morpholine rings is 2. The molecule has 1 amide bonds. The predicted octanol–water partition coefficient (Wildman–Crippen LogP) is 2.88. The van der Waals surface area contributed by atoms with E-state index in [1.165, 1.54) is 16.4 Å². The van der Waals surface area contributed by atoms with Crippen molar-refractivity contribution in [1.82, 2.24) is 14.5 Å². The first kappa shape index (κ1) is 24.9. The van der Waals surface area contributed by atoms with E-state index in [1.54, 1.807) is 11.3 Å². The van der Waals surface area contributed by atoms with Gasteiger partial charge in [-0.3, -0.25) is 9.69 Å². The summed E-state index contributed by atoms with van der Waals surface area (Å²) in [6, 6.07) is 6.58. The van der Waals surface area contributed by atoms with Crippen molar-refractivity contribution in [2.24, 2.45) is 0 Å². The molecule has 12 heteroatoms. The third kappa shape index (κ3) is 5.71. The topological polar surface area (TPSA) is 88.2 Å². The maximum Gasteiger partial charge on any atom is 0.252 e. The molecule has 0 unspecified atom stereocenters. The summed E-state index contributed by atoms with van der Waals surface area (Å²) < 4.78 is 38.2. The summed E-state index contributed by atoms with van der Waals surface area (Å²) in [4.78, 5) is 16.4. The van der Waals surface area contributed by atoms with Gasteiger partial charge in [-0.05, 0) is 23.6 Å². The minimum absolute atomic E-state index is 0.0134. The van der Waals surface area contributed by atoms with Gasteiger partial charge in [0.15, 0.2) is 0 Å². The number of carbonyl (C=O) groups excluding carboxylic acids is 1. The minimum atomic E-state index is -3.89. The lowest BCUT2D eigenvalue weighted by Crippen LogP contribution is -2.43. The quantitative estimate of drug-likeness (QED) is 0.588. The van der Waals surface area contributed by atoms with Crippen molar-refractivity contribution in [3.05, 3.63) is 50.1 Å². The number of rotatable bonds is 7. The van der Waals surface area contributed by atoms with Crippen LogP contribution in [0.5, 0.6) is 0 Å². The first-order valence-corrected chi connectivity index (χ1v) is 13.7. The number of benzene rings is 1. The highest BCUT2D eigenvalue weighted by molar-refractivity contribution is 7.89. The normalized spacial score (nSPS) is 19.3. The fourth-order valence-electron chi connectivity index (χ4n) is 3.89. The number of carbonyl (C=O) groups is 1. The van der Waals surface area contributed by atoms with E-state index in [-0.39, 0.29) is 39.6 Å². The van der Waals surface area contributed by atoms with Crippen molar-refractivity contribution in [2.45, 2.75) is 10.9 Å². The van der Waals surface area contributed by atoms with Crippen molar-refractivity contribution in [1.29, 1.82) is 0 Å². The number of amides is 1. The highest BCUT2D eigenvalue weighted by Gasteiger charge is 2.30. The Labute approximate surface area is 207 Å². The third-order valence-electron chi connectivity index (χ3n) is 5.67. The summed E-state index contributed by atoms with van der Waals surface area (Å²) in [5, 5.41) is 5.01. The monoisotopic (exact) mass is 533 g/mol. The molecule has 180 valence electrons. The van der Waals surface area contributed by atoms with Crippen LogP contribution in [0.4, 0.5) is 0 Å². The molecule has 2 aliphatic rings. The van der Waals surface area contributed by atoms with Crippen LogP contribution in [0.1, 0.15) is 21.3 Å². The molecule has 0 aliphatic carbocycles. The lowest BCUT2D eigenvalue weighted by atomic mass is 10.1. The predicted molar refractivity (Wildman–Crippen MR) is 128 cm³/mol. The highest BCUT2D eigenvalue weighted by atomic mass is 35.5. The molecule has 2 saturated heterocycles. The van der Waals surface area contributed by atoms with Crippen molar-refractivity contribution < 1.29 is 22.7 Å². The van der Waals surface area contributed by atoms with Crippen molar-refractivity contribution in [2.75, 3.05) is 59.2 Å². The number of nitrogens with zero attached hydrogens (tertiary/aromatic N) is 2. The van der Waals surface area contributed by atoms with Gasteiger partial charge in [-0.2, -0.15) is 4.31 Å². The Bertz CT molecular complexity index is 1070. The standard InChI is InChI=1S/C21H25Cl2N3O5S2/c22-16-13-17(23)20(33(28,29)26-5-9-31-10-6-26)12-15(16)21(27)24-14-18(19-2-1-11-32-19)25-3-7-30-8-4-25/h1-2,11-13,18H,3-10,14H2,(H,24,27)/t18-/m1/s1. The number of hydrogen-bond donors (Lipinski definition) is 1. The molecule has 1 N–H and O–H groups in total. The molecule has 4 rings (SSSR count). The zero-order valence-electron chi connectivity index (χ0n) is 17.8. The lowest BCUT2D eigenvalue weighted by molar-refractivity contribution is 0.0169. The summed E-state index contributed by atoms with van der Waals surface area (Å²) in [6.45, 7) is 4.24. The van der Waals surface area contributed by atoms with E-state index >= 15 is 0 Å². The van der Waals surface area contributed by atoms with Gasteiger partial charge in [0.2, 0.25) is 10.0 Å². The van der Waals surface area contributed by atoms with Crippen LogP contribution in [-0.4, -0.2) is 82.7 Å². The Hall–Kier alpha value is -1.24. The highest BCUT2D eigenvalue weighted by Crippen LogP contribution is 2.31. The second-order valence-corrected chi connectivity index (χ2v) is 11.4. The zero-order chi connectivity index (χ0) is 23.4. The molecule has 33 heavy (non-hydrogen) atoms. The third-order valence-corrected chi connectivity index (χ3v) is 9.32. The molecular weight excluding hydrogens is 509 g/mol. The van der Waals surface area contributed by atoms with Crippen LogP contribution in [0.2, 0.25) is 10.0 Å². The zero-order valence-corrected chi connectivity index (χ0v) is 21.0. The van der Waals surface area contributed by atoms with Gasteiger partial charge in [0.05, 0.1) is 48.1 Å². The van der Waals surface area contributed by atoms with Crippen molar-refractivity contribution in [3.63, 3.8) is 0 Å². The van der Waals surface area contributed by atoms with Crippen molar-refractivity contribution >= 4 is 50.5 Å². The van der Waals surface area contributed by atoms with Gasteiger partial charge >= 0.3 is 0 Å². The van der Waals surface area contributed by atoms with Gasteiger partial charge in [0.25, 0.3) is 5.91 Å². The Kier molecular flexibility index (Phi) is 8.29. The van der Waals surface area contributed by atoms with E-state index in [0.29, 0.717) is 33.0 Å². The van der Waals surface area contributed by atoms with E-state index < -0.39 is 15.9 Å². The summed E-state index contributed by atoms with van der Waals surface area (Å²) in [6.07, 6.45) is 0. The molecule has 8 nitrogen and oxygen atoms in total. The van der Waals surface area contributed by atoms with Crippen LogP contribution in [0.15, 0.2) is 34.5 Å². The summed E-state index contributed by atoms with van der Waals surface area (Å²) in [7, 11) is -3.89. The molecule has 2 aromatic rings. The van der Waals surface area contributed by atoms with Gasteiger partial charge in [-0.25, -0.2) is 8.42 Å². The Balaban J connectivity index is 1.54. The lowest BCUT2D eigenvalue weighted by Gasteiger charge is -2.34. The molecule has 0 spiro atoms. The van der Waals surface area contributed by atoms with Gasteiger partial charge in [0, 0.05) is 37.6 Å². The molecule has 1 aromatic carbocycles. The first-order chi connectivity index (χ1) is 15.9. The molecule has 0 radical (unpaired) electrons. The molecule has 0 bridgehead atoms. The maximum absolute atomic E-state index is 13.1. The molecule has 2 fully saturated rings. The Morgan fingerprint density at radius 1 is 1.06 bits per heavy atom. The number of thiophene rings is 1. The molecular formula is C21H25Cl2N3O5S2. The molecule has 3 heterocycles. The fourth-order valence-corrected chi connectivity index (χ4v) is 6.99. The van der Waals surface area contributed by atoms with Gasteiger partial charge < -0.3 is 14.8 Å². The second-order valence-electron chi connectivity index (χ2n) is 7.67. The van der Waals surface area contributed by atoms with Crippen LogP contribution < -0.4 is 5.32 Å². The van der Waals surface area contributed by atoms with Crippen LogP contribution in [-0.2, 0) is 19.5 Å². The number of sulfonamides is 1. The van der Waals surface area contributed by atoms with E-state index in [9.17, 15) is 13.2 Å². The Morgan fingerprint density at radius 2 is 1.73 bits per heavy atom. The molecule has 2 aliphatic heterocycles. The Morgan fingerprint density at radius 3 is 2.36 bits per heavy atom. The van der Waals surface area contributed by atoms with Gasteiger partial charge in [0.1, 0.15) is 4.90 Å². The number of ether oxygens (including phenoxy) is 2. The minimum Gasteiger partial charge on any atom is -0.379 e. The average Bonchev–Trinajstić information content (AvgIpc) is 3.35. The average molecular weight is 534 g/mol. The van der Waals surface area contributed by atoms with Crippen LogP contribution >= 0.6 is 34.5 Å². The molecule has 0 saturated carbocycles. The maximum atomic E-state index is 13.1. The van der Waals surface area contributed by atoms with Crippen LogP contribution in [0.3, 0.4) is 0 Å². The summed E-state index contributed by atoms with van der Waals surface area (Å²) >= 11 is 14.2. The van der Waals surface area contributed by atoms with Gasteiger partial charge in [-0.1, -0.05) is 29.3 Å². The smallest absolute Gasteiger partial charge is 0.252 e. The van der Waals surface area contributed by atoms with E-state index in [1.807, 2.05) is 17.5 Å². The summed E-state index contributed by atoms with van der Waals surface area (Å²) in [5.74, 6) is -0.454. The SMILES string of the molecule is O=C(NC[C@H](c1cccs1)N1CCOCC1)c1cc(S(=O)(=O)N2CCOCC2)c(Cl)cc1Cl. The fraction of sp³-hybridized carbons (Fsp3) is 0.476. The molecule has 1 atom stereocenters.